The van der Waals surface area contributed by atoms with E-state index in [9.17, 15) is 0 Å². The fourth-order valence-electron chi connectivity index (χ4n) is 2.42. The van der Waals surface area contributed by atoms with Crippen LogP contribution in [0.25, 0.3) is 0 Å². The third kappa shape index (κ3) is 4.05. The molecule has 1 N–H and O–H groups in total. The van der Waals surface area contributed by atoms with Crippen molar-refractivity contribution >= 4 is 0 Å². The van der Waals surface area contributed by atoms with Crippen LogP contribution < -0.4 is 5.32 Å². The quantitative estimate of drug-likeness (QED) is 0.806. The molecule has 0 saturated carbocycles. The minimum absolute atomic E-state index is 0.477. The molecule has 3 heteroatoms. The van der Waals surface area contributed by atoms with Gasteiger partial charge in [0.1, 0.15) is 5.82 Å². The average molecular weight is 249 g/mol. The number of aryl methyl sites for hydroxylation is 3. The summed E-state index contributed by atoms with van der Waals surface area (Å²) in [4.78, 5) is 9.32. The smallest absolute Gasteiger partial charge is 0.128 e. The Bertz CT molecular complexity index is 351. The van der Waals surface area contributed by atoms with Gasteiger partial charge in [-0.2, -0.15) is 0 Å². The van der Waals surface area contributed by atoms with Crippen LogP contribution in [-0.2, 0) is 6.42 Å². The van der Waals surface area contributed by atoms with Crippen molar-refractivity contribution in [2.45, 2.75) is 59.8 Å². The first-order chi connectivity index (χ1) is 8.60. The summed E-state index contributed by atoms with van der Waals surface area (Å²) >= 11 is 0. The molecular formula is C15H27N3. The Hall–Kier alpha value is -0.960. The molecule has 3 nitrogen and oxygen atoms in total. The zero-order chi connectivity index (χ0) is 13.5. The molecule has 0 saturated heterocycles. The van der Waals surface area contributed by atoms with Crippen LogP contribution in [0.5, 0.6) is 0 Å². The number of aromatic nitrogens is 2. The van der Waals surface area contributed by atoms with Crippen LogP contribution in [0.15, 0.2) is 0 Å². The first-order valence-corrected chi connectivity index (χ1v) is 7.14. The van der Waals surface area contributed by atoms with Gasteiger partial charge in [-0.05, 0) is 38.3 Å². The van der Waals surface area contributed by atoms with Gasteiger partial charge in [-0.15, -0.1) is 0 Å². The number of unbranched alkanes of at least 4 members (excludes halogenated alkanes) is 1. The number of rotatable bonds is 7. The lowest BCUT2D eigenvalue weighted by atomic mass is 9.98. The van der Waals surface area contributed by atoms with Gasteiger partial charge in [0.05, 0.1) is 0 Å². The van der Waals surface area contributed by atoms with Gasteiger partial charge in [0.15, 0.2) is 0 Å². The molecular weight excluding hydrogens is 222 g/mol. The van der Waals surface area contributed by atoms with Crippen molar-refractivity contribution in [3.63, 3.8) is 0 Å². The zero-order valence-corrected chi connectivity index (χ0v) is 12.5. The Labute approximate surface area is 111 Å². The van der Waals surface area contributed by atoms with Crippen molar-refractivity contribution in [2.24, 2.45) is 0 Å². The van der Waals surface area contributed by atoms with E-state index in [4.69, 9.17) is 0 Å². The number of hydrogen-bond donors (Lipinski definition) is 1. The molecule has 102 valence electrons. The van der Waals surface area contributed by atoms with Crippen LogP contribution in [0, 0.1) is 13.8 Å². The third-order valence-corrected chi connectivity index (χ3v) is 3.32. The number of likely N-dealkylation sites (N-methyl/N-ethyl adjacent to an activating group) is 1. The van der Waals surface area contributed by atoms with E-state index < -0.39 is 0 Å². The summed E-state index contributed by atoms with van der Waals surface area (Å²) in [6.07, 6.45) is 3.37. The molecule has 0 aliphatic heterocycles. The monoisotopic (exact) mass is 249 g/mol. The minimum Gasteiger partial charge on any atom is -0.316 e. The second kappa shape index (κ2) is 7.47. The maximum Gasteiger partial charge on any atom is 0.128 e. The zero-order valence-electron chi connectivity index (χ0n) is 12.5. The molecule has 1 aromatic heterocycles. The van der Waals surface area contributed by atoms with Crippen molar-refractivity contribution in [3.05, 3.63) is 22.8 Å². The number of nitrogens with zero attached hydrogens (tertiary/aromatic N) is 2. The van der Waals surface area contributed by atoms with Gasteiger partial charge >= 0.3 is 0 Å². The molecule has 1 heterocycles. The predicted molar refractivity (Wildman–Crippen MR) is 77.1 cm³/mol. The lowest BCUT2D eigenvalue weighted by Gasteiger charge is -2.17. The predicted octanol–water partition coefficient (Wildman–Crippen LogP) is 3.15. The summed E-state index contributed by atoms with van der Waals surface area (Å²) < 4.78 is 0. The molecule has 1 aromatic rings. The lowest BCUT2D eigenvalue weighted by molar-refractivity contribution is 0.620. The highest BCUT2D eigenvalue weighted by Crippen LogP contribution is 2.21. The van der Waals surface area contributed by atoms with Gasteiger partial charge in [-0.3, -0.25) is 0 Å². The van der Waals surface area contributed by atoms with Crippen LogP contribution in [-0.4, -0.2) is 23.1 Å². The van der Waals surface area contributed by atoms with Crippen LogP contribution in [0.4, 0.5) is 0 Å². The summed E-state index contributed by atoms with van der Waals surface area (Å²) in [5.41, 5.74) is 3.62. The van der Waals surface area contributed by atoms with E-state index in [-0.39, 0.29) is 0 Å². The van der Waals surface area contributed by atoms with Crippen LogP contribution in [0.3, 0.4) is 0 Å². The normalized spacial score (nSPS) is 12.7. The van der Waals surface area contributed by atoms with Gasteiger partial charge in [0.2, 0.25) is 0 Å². The maximum atomic E-state index is 4.66. The highest BCUT2D eigenvalue weighted by atomic mass is 14.9. The second-order valence-electron chi connectivity index (χ2n) is 5.04. The molecule has 0 amide bonds. The van der Waals surface area contributed by atoms with Crippen molar-refractivity contribution < 1.29 is 0 Å². The van der Waals surface area contributed by atoms with E-state index in [0.29, 0.717) is 5.92 Å². The Balaban J connectivity index is 2.86. The average Bonchev–Trinajstić information content (AvgIpc) is 2.33. The van der Waals surface area contributed by atoms with Crippen LogP contribution in [0.1, 0.15) is 62.3 Å². The van der Waals surface area contributed by atoms with E-state index in [2.05, 4.69) is 49.9 Å². The highest BCUT2D eigenvalue weighted by Gasteiger charge is 2.14. The molecule has 0 aliphatic carbocycles. The van der Waals surface area contributed by atoms with E-state index in [1.165, 1.54) is 18.4 Å². The molecule has 0 radical (unpaired) electrons. The molecule has 0 aliphatic rings. The first-order valence-electron chi connectivity index (χ1n) is 7.14. The molecule has 0 fully saturated rings. The molecule has 18 heavy (non-hydrogen) atoms. The molecule has 1 rings (SSSR count). The largest absolute Gasteiger partial charge is 0.316 e. The van der Waals surface area contributed by atoms with Crippen molar-refractivity contribution in [1.82, 2.24) is 15.3 Å². The van der Waals surface area contributed by atoms with Gasteiger partial charge < -0.3 is 5.32 Å². The molecule has 0 bridgehead atoms. The maximum absolute atomic E-state index is 4.66. The minimum atomic E-state index is 0.477. The second-order valence-corrected chi connectivity index (χ2v) is 5.04. The molecule has 1 unspecified atom stereocenters. The standard InChI is InChI=1S/C15H27N3/c1-6-8-9-14-17-12(4)15(13(5)18-14)11(3)10-16-7-2/h11,16H,6-10H2,1-5H3. The number of hydrogen-bond acceptors (Lipinski definition) is 3. The summed E-state index contributed by atoms with van der Waals surface area (Å²) in [5, 5.41) is 3.39. The molecule has 0 spiro atoms. The van der Waals surface area contributed by atoms with Gasteiger partial charge in [0.25, 0.3) is 0 Å². The molecule has 0 aromatic carbocycles. The van der Waals surface area contributed by atoms with Crippen LogP contribution >= 0.6 is 0 Å². The fraction of sp³-hybridized carbons (Fsp3) is 0.733. The summed E-state index contributed by atoms with van der Waals surface area (Å²) in [7, 11) is 0. The summed E-state index contributed by atoms with van der Waals surface area (Å²) in [6, 6.07) is 0. The Kier molecular flexibility index (Phi) is 6.27. The first kappa shape index (κ1) is 15.1. The Morgan fingerprint density at radius 1 is 1.11 bits per heavy atom. The van der Waals surface area contributed by atoms with E-state index >= 15 is 0 Å². The Morgan fingerprint density at radius 3 is 2.22 bits per heavy atom. The van der Waals surface area contributed by atoms with E-state index in [1.54, 1.807) is 0 Å². The molecule has 1 atom stereocenters. The Morgan fingerprint density at radius 2 is 1.72 bits per heavy atom. The fourth-order valence-corrected chi connectivity index (χ4v) is 2.42. The SMILES string of the molecule is CCCCc1nc(C)c(C(C)CNCC)c(C)n1. The van der Waals surface area contributed by atoms with Gasteiger partial charge in [0, 0.05) is 24.4 Å². The highest BCUT2D eigenvalue weighted by molar-refractivity contribution is 5.28. The summed E-state index contributed by atoms with van der Waals surface area (Å²) in [6.45, 7) is 12.8. The van der Waals surface area contributed by atoms with Gasteiger partial charge in [-0.1, -0.05) is 27.2 Å². The topological polar surface area (TPSA) is 37.8 Å². The van der Waals surface area contributed by atoms with Crippen molar-refractivity contribution in [2.75, 3.05) is 13.1 Å². The van der Waals surface area contributed by atoms with E-state index in [0.717, 1.165) is 36.7 Å². The number of nitrogens with one attached hydrogen (secondary N) is 1. The van der Waals surface area contributed by atoms with Crippen molar-refractivity contribution in [1.29, 1.82) is 0 Å². The lowest BCUT2D eigenvalue weighted by Crippen LogP contribution is -2.21. The van der Waals surface area contributed by atoms with Crippen LogP contribution in [0.2, 0.25) is 0 Å². The van der Waals surface area contributed by atoms with Gasteiger partial charge in [-0.25, -0.2) is 9.97 Å². The van der Waals surface area contributed by atoms with E-state index in [1.807, 2.05) is 0 Å². The summed E-state index contributed by atoms with van der Waals surface area (Å²) in [5.74, 6) is 1.48. The third-order valence-electron chi connectivity index (χ3n) is 3.32. The van der Waals surface area contributed by atoms with Crippen molar-refractivity contribution in [3.8, 4) is 0 Å².